The molecule has 0 aromatic heterocycles. The summed E-state index contributed by atoms with van der Waals surface area (Å²) in [6.45, 7) is 2.65. The number of halogens is 1. The van der Waals surface area contributed by atoms with Gasteiger partial charge in [-0.1, -0.05) is 90.0 Å². The van der Waals surface area contributed by atoms with Crippen molar-refractivity contribution in [2.24, 2.45) is 0 Å². The van der Waals surface area contributed by atoms with Crippen LogP contribution in [0.15, 0.2) is 84.9 Å². The van der Waals surface area contributed by atoms with E-state index in [4.69, 9.17) is 11.6 Å². The Morgan fingerprint density at radius 2 is 1.73 bits per heavy atom. The molecule has 1 atom stereocenters. The second-order valence-electron chi connectivity index (χ2n) is 7.97. The van der Waals surface area contributed by atoms with Crippen LogP contribution in [0.25, 0.3) is 10.8 Å². The van der Waals surface area contributed by atoms with Crippen LogP contribution in [0.3, 0.4) is 0 Å². The maximum atomic E-state index is 13.4. The van der Waals surface area contributed by atoms with Crippen molar-refractivity contribution in [3.05, 3.63) is 112 Å². The molecule has 5 rings (SSSR count). The molecular weight excluding hydrogens is 390 g/mol. The van der Waals surface area contributed by atoms with Crippen molar-refractivity contribution >= 4 is 34.0 Å². The van der Waals surface area contributed by atoms with Gasteiger partial charge < -0.3 is 4.90 Å². The molecule has 1 aliphatic heterocycles. The van der Waals surface area contributed by atoms with E-state index in [0.717, 1.165) is 16.8 Å². The molecule has 1 unspecified atom stereocenters. The van der Waals surface area contributed by atoms with Gasteiger partial charge in [0.05, 0.1) is 6.54 Å². The Kier molecular flexibility index (Phi) is 4.80. The fourth-order valence-corrected chi connectivity index (χ4v) is 4.86. The predicted octanol–water partition coefficient (Wildman–Crippen LogP) is 6.87. The molecule has 2 nitrogen and oxygen atoms in total. The van der Waals surface area contributed by atoms with E-state index in [1.54, 1.807) is 0 Å². The number of carbonyl (C=O) groups is 1. The molecule has 0 aliphatic carbocycles. The van der Waals surface area contributed by atoms with Gasteiger partial charge in [0.2, 0.25) is 5.91 Å². The number of aryl methyl sites for hydroxylation is 1. The molecule has 0 fully saturated rings. The highest BCUT2D eigenvalue weighted by Crippen LogP contribution is 2.45. The van der Waals surface area contributed by atoms with Crippen LogP contribution in [0.5, 0.6) is 0 Å². The molecule has 0 radical (unpaired) electrons. The smallest absolute Gasteiger partial charge is 0.228 e. The lowest BCUT2D eigenvalue weighted by atomic mass is 9.81. The molecule has 1 heterocycles. The van der Waals surface area contributed by atoms with Crippen molar-refractivity contribution in [2.45, 2.75) is 25.8 Å². The average molecular weight is 412 g/mol. The lowest BCUT2D eigenvalue weighted by molar-refractivity contribution is -0.119. The summed E-state index contributed by atoms with van der Waals surface area (Å²) in [5.41, 5.74) is 5.52. The van der Waals surface area contributed by atoms with Gasteiger partial charge in [-0.05, 0) is 46.5 Å². The minimum Gasteiger partial charge on any atom is -0.308 e. The van der Waals surface area contributed by atoms with E-state index in [9.17, 15) is 4.79 Å². The standard InChI is InChI=1S/C27H22ClNO/c1-18-7-6-8-19(15-18)17-29-25-14-13-20-9-2-3-10-21(20)27(25)23(16-26(29)30)22-11-4-5-12-24(22)28/h2-15,23H,16-17H2,1H3. The summed E-state index contributed by atoms with van der Waals surface area (Å²) in [5, 5.41) is 3.07. The van der Waals surface area contributed by atoms with Crippen LogP contribution in [0.4, 0.5) is 5.69 Å². The molecular formula is C27H22ClNO. The maximum Gasteiger partial charge on any atom is 0.228 e. The van der Waals surface area contributed by atoms with Crippen molar-refractivity contribution in [1.29, 1.82) is 0 Å². The molecule has 1 aliphatic rings. The third-order valence-electron chi connectivity index (χ3n) is 5.97. The summed E-state index contributed by atoms with van der Waals surface area (Å²) in [6, 6.07) is 28.8. The fourth-order valence-electron chi connectivity index (χ4n) is 4.60. The Morgan fingerprint density at radius 3 is 2.57 bits per heavy atom. The molecule has 3 heteroatoms. The van der Waals surface area contributed by atoms with Gasteiger partial charge in [-0.2, -0.15) is 0 Å². The van der Waals surface area contributed by atoms with Crippen LogP contribution in [0.2, 0.25) is 5.02 Å². The van der Waals surface area contributed by atoms with Crippen molar-refractivity contribution in [1.82, 2.24) is 0 Å². The number of benzene rings is 4. The van der Waals surface area contributed by atoms with Crippen LogP contribution in [-0.2, 0) is 11.3 Å². The van der Waals surface area contributed by atoms with E-state index >= 15 is 0 Å². The quantitative estimate of drug-likeness (QED) is 0.360. The molecule has 0 saturated heterocycles. The van der Waals surface area contributed by atoms with Crippen LogP contribution in [0, 0.1) is 6.92 Å². The highest BCUT2D eigenvalue weighted by molar-refractivity contribution is 6.31. The predicted molar refractivity (Wildman–Crippen MR) is 124 cm³/mol. The molecule has 0 bridgehead atoms. The van der Waals surface area contributed by atoms with E-state index < -0.39 is 0 Å². The zero-order valence-corrected chi connectivity index (χ0v) is 17.6. The van der Waals surface area contributed by atoms with Gasteiger partial charge in [0, 0.05) is 23.0 Å². The number of fused-ring (bicyclic) bond motifs is 3. The molecule has 1 amide bonds. The summed E-state index contributed by atoms with van der Waals surface area (Å²) in [7, 11) is 0. The Balaban J connectivity index is 1.70. The lowest BCUT2D eigenvalue weighted by Crippen LogP contribution is -2.36. The van der Waals surface area contributed by atoms with E-state index in [1.165, 1.54) is 21.9 Å². The fraction of sp³-hybridized carbons (Fsp3) is 0.148. The summed E-state index contributed by atoms with van der Waals surface area (Å²) in [6.07, 6.45) is 0.413. The third-order valence-corrected chi connectivity index (χ3v) is 6.31. The zero-order chi connectivity index (χ0) is 20.7. The normalized spacial score (nSPS) is 16.0. The monoisotopic (exact) mass is 411 g/mol. The minimum atomic E-state index is -0.0546. The number of anilines is 1. The Morgan fingerprint density at radius 1 is 0.933 bits per heavy atom. The maximum absolute atomic E-state index is 13.4. The lowest BCUT2D eigenvalue weighted by Gasteiger charge is -2.35. The van der Waals surface area contributed by atoms with Gasteiger partial charge in [0.1, 0.15) is 0 Å². The van der Waals surface area contributed by atoms with Crippen LogP contribution >= 0.6 is 11.6 Å². The molecule has 148 valence electrons. The number of hydrogen-bond acceptors (Lipinski definition) is 1. The summed E-state index contributed by atoms with van der Waals surface area (Å²) in [5.74, 6) is 0.0743. The molecule has 0 N–H and O–H groups in total. The van der Waals surface area contributed by atoms with Crippen LogP contribution in [-0.4, -0.2) is 5.91 Å². The first-order valence-corrected chi connectivity index (χ1v) is 10.6. The Hall–Kier alpha value is -3.10. The van der Waals surface area contributed by atoms with Gasteiger partial charge in [-0.3, -0.25) is 4.79 Å². The first-order valence-electron chi connectivity index (χ1n) is 10.2. The highest BCUT2D eigenvalue weighted by Gasteiger charge is 2.34. The van der Waals surface area contributed by atoms with E-state index in [0.29, 0.717) is 18.0 Å². The van der Waals surface area contributed by atoms with Gasteiger partial charge >= 0.3 is 0 Å². The topological polar surface area (TPSA) is 20.3 Å². The number of amides is 1. The SMILES string of the molecule is Cc1cccc(CN2C(=O)CC(c3ccccc3Cl)c3c2ccc2ccccc32)c1. The molecule has 4 aromatic carbocycles. The first-order chi connectivity index (χ1) is 14.6. The number of nitrogens with zero attached hydrogens (tertiary/aromatic N) is 1. The van der Waals surface area contributed by atoms with Crippen molar-refractivity contribution in [3.63, 3.8) is 0 Å². The Labute approximate surface area is 181 Å². The second-order valence-corrected chi connectivity index (χ2v) is 8.37. The molecule has 4 aromatic rings. The first kappa shape index (κ1) is 18.9. The zero-order valence-electron chi connectivity index (χ0n) is 16.8. The van der Waals surface area contributed by atoms with E-state index in [1.807, 2.05) is 35.2 Å². The van der Waals surface area contributed by atoms with Gasteiger partial charge in [-0.25, -0.2) is 0 Å². The molecule has 30 heavy (non-hydrogen) atoms. The number of carbonyl (C=O) groups excluding carboxylic acids is 1. The summed E-state index contributed by atoms with van der Waals surface area (Å²) < 4.78 is 0. The third kappa shape index (κ3) is 3.28. The number of hydrogen-bond donors (Lipinski definition) is 0. The van der Waals surface area contributed by atoms with Crippen LogP contribution < -0.4 is 4.90 Å². The summed E-state index contributed by atoms with van der Waals surface area (Å²) >= 11 is 6.58. The summed E-state index contributed by atoms with van der Waals surface area (Å²) in [4.78, 5) is 15.3. The molecule has 0 spiro atoms. The van der Waals surface area contributed by atoms with E-state index in [2.05, 4.69) is 61.5 Å². The Bertz CT molecular complexity index is 1260. The average Bonchev–Trinajstić information content (AvgIpc) is 2.75. The second kappa shape index (κ2) is 7.62. The largest absolute Gasteiger partial charge is 0.308 e. The molecule has 0 saturated carbocycles. The van der Waals surface area contributed by atoms with Gasteiger partial charge in [0.25, 0.3) is 0 Å². The van der Waals surface area contributed by atoms with E-state index in [-0.39, 0.29) is 11.8 Å². The van der Waals surface area contributed by atoms with Gasteiger partial charge in [-0.15, -0.1) is 0 Å². The van der Waals surface area contributed by atoms with Crippen LogP contribution in [0.1, 0.15) is 34.6 Å². The minimum absolute atomic E-state index is 0.0546. The van der Waals surface area contributed by atoms with Crippen molar-refractivity contribution < 1.29 is 4.79 Å². The van der Waals surface area contributed by atoms with Crippen molar-refractivity contribution in [3.8, 4) is 0 Å². The highest BCUT2D eigenvalue weighted by atomic mass is 35.5. The number of rotatable bonds is 3. The van der Waals surface area contributed by atoms with Gasteiger partial charge in [0.15, 0.2) is 0 Å². The van der Waals surface area contributed by atoms with Crippen molar-refractivity contribution in [2.75, 3.05) is 4.90 Å².